The molecule has 0 fully saturated rings. The Bertz CT molecular complexity index is 699. The van der Waals surface area contributed by atoms with Crippen molar-refractivity contribution < 1.29 is 0 Å². The van der Waals surface area contributed by atoms with E-state index in [1.807, 2.05) is 18.3 Å². The number of benzene rings is 2. The van der Waals surface area contributed by atoms with Gasteiger partial charge in [0.15, 0.2) is 0 Å². The molecule has 3 rings (SSSR count). The van der Waals surface area contributed by atoms with Crippen LogP contribution in [-0.2, 0) is 6.54 Å². The zero-order valence-corrected chi connectivity index (χ0v) is 11.6. The first-order valence-electron chi connectivity index (χ1n) is 5.97. The molecule has 0 saturated carbocycles. The maximum absolute atomic E-state index is 5.97. The van der Waals surface area contributed by atoms with Crippen LogP contribution in [0.2, 0.25) is 10.0 Å². The van der Waals surface area contributed by atoms with Gasteiger partial charge in [-0.2, -0.15) is 0 Å². The van der Waals surface area contributed by atoms with E-state index in [1.54, 1.807) is 6.07 Å². The van der Waals surface area contributed by atoms with Gasteiger partial charge in [0.05, 0.1) is 0 Å². The van der Waals surface area contributed by atoms with Crippen LogP contribution in [0, 0.1) is 0 Å². The van der Waals surface area contributed by atoms with E-state index >= 15 is 0 Å². The summed E-state index contributed by atoms with van der Waals surface area (Å²) >= 11 is 11.9. The predicted molar refractivity (Wildman–Crippen MR) is 82.1 cm³/mol. The molecule has 4 heteroatoms. The molecule has 2 N–H and O–H groups in total. The van der Waals surface area contributed by atoms with E-state index in [4.69, 9.17) is 23.2 Å². The number of anilines is 1. The molecule has 2 aromatic carbocycles. The Morgan fingerprint density at radius 2 is 1.74 bits per heavy atom. The van der Waals surface area contributed by atoms with E-state index in [1.165, 1.54) is 10.9 Å². The number of hydrogen-bond donors (Lipinski definition) is 2. The zero-order valence-electron chi connectivity index (χ0n) is 10.1. The maximum Gasteiger partial charge on any atom is 0.0457 e. The molecule has 1 heterocycles. The molecular formula is C15H12Cl2N2. The van der Waals surface area contributed by atoms with Crippen LogP contribution in [0.1, 0.15) is 5.56 Å². The third kappa shape index (κ3) is 2.86. The highest BCUT2D eigenvalue weighted by molar-refractivity contribution is 6.35. The summed E-state index contributed by atoms with van der Waals surface area (Å²) in [4.78, 5) is 3.21. The molecular weight excluding hydrogens is 279 g/mol. The lowest BCUT2D eigenvalue weighted by molar-refractivity contribution is 1.15. The molecule has 0 atom stereocenters. The monoisotopic (exact) mass is 290 g/mol. The number of nitrogens with one attached hydrogen (secondary N) is 2. The van der Waals surface area contributed by atoms with Crippen LogP contribution >= 0.6 is 23.2 Å². The summed E-state index contributed by atoms with van der Waals surface area (Å²) in [6.45, 7) is 0.728. The molecule has 19 heavy (non-hydrogen) atoms. The first-order valence-corrected chi connectivity index (χ1v) is 6.72. The van der Waals surface area contributed by atoms with Crippen molar-refractivity contribution in [3.63, 3.8) is 0 Å². The van der Waals surface area contributed by atoms with Crippen molar-refractivity contribution in [3.05, 3.63) is 64.3 Å². The fourth-order valence-electron chi connectivity index (χ4n) is 2.06. The Kier molecular flexibility index (Phi) is 3.36. The van der Waals surface area contributed by atoms with Crippen molar-refractivity contribution in [1.82, 2.24) is 4.98 Å². The Morgan fingerprint density at radius 3 is 2.53 bits per heavy atom. The van der Waals surface area contributed by atoms with Crippen molar-refractivity contribution in [3.8, 4) is 0 Å². The molecule has 0 aliphatic heterocycles. The molecule has 3 aromatic rings. The quantitative estimate of drug-likeness (QED) is 0.691. The average Bonchev–Trinajstić information content (AvgIpc) is 2.82. The van der Waals surface area contributed by atoms with Gasteiger partial charge >= 0.3 is 0 Å². The van der Waals surface area contributed by atoms with E-state index in [0.29, 0.717) is 10.0 Å². The minimum absolute atomic E-state index is 0.634. The number of fused-ring (bicyclic) bond motifs is 1. The van der Waals surface area contributed by atoms with Gasteiger partial charge in [0.1, 0.15) is 0 Å². The van der Waals surface area contributed by atoms with E-state index in [0.717, 1.165) is 17.7 Å². The number of hydrogen-bond acceptors (Lipinski definition) is 1. The van der Waals surface area contributed by atoms with Gasteiger partial charge in [0.25, 0.3) is 0 Å². The minimum Gasteiger partial charge on any atom is -0.381 e. The van der Waals surface area contributed by atoms with E-state index < -0.39 is 0 Å². The van der Waals surface area contributed by atoms with E-state index in [2.05, 4.69) is 34.6 Å². The molecule has 0 aliphatic rings. The second kappa shape index (κ2) is 5.16. The second-order valence-corrected chi connectivity index (χ2v) is 5.28. The fourth-order valence-corrected chi connectivity index (χ4v) is 2.59. The Morgan fingerprint density at radius 1 is 0.947 bits per heavy atom. The highest BCUT2D eigenvalue weighted by Crippen LogP contribution is 2.23. The zero-order chi connectivity index (χ0) is 13.2. The number of H-pyrrole nitrogens is 1. The Balaban J connectivity index is 1.77. The van der Waals surface area contributed by atoms with Crippen molar-refractivity contribution in [2.24, 2.45) is 0 Å². The van der Waals surface area contributed by atoms with Crippen molar-refractivity contribution in [1.29, 1.82) is 0 Å². The van der Waals surface area contributed by atoms with Gasteiger partial charge in [-0.25, -0.2) is 0 Å². The molecule has 0 amide bonds. The highest BCUT2D eigenvalue weighted by Gasteiger charge is 2.00. The van der Waals surface area contributed by atoms with Crippen LogP contribution in [0.5, 0.6) is 0 Å². The molecule has 0 bridgehead atoms. The third-order valence-corrected chi connectivity index (χ3v) is 3.42. The number of halogens is 2. The summed E-state index contributed by atoms with van der Waals surface area (Å²) in [6.07, 6.45) is 1.94. The van der Waals surface area contributed by atoms with Crippen molar-refractivity contribution >= 4 is 39.8 Å². The predicted octanol–water partition coefficient (Wildman–Crippen LogP) is 5.09. The summed E-state index contributed by atoms with van der Waals surface area (Å²) in [6, 6.07) is 13.8. The first kappa shape index (κ1) is 12.4. The molecule has 0 unspecified atom stereocenters. The first-order chi connectivity index (χ1) is 9.20. The molecule has 0 radical (unpaired) electrons. The summed E-state index contributed by atoms with van der Waals surface area (Å²) in [7, 11) is 0. The van der Waals surface area contributed by atoms with Crippen LogP contribution in [0.25, 0.3) is 10.9 Å². The van der Waals surface area contributed by atoms with Gasteiger partial charge in [-0.1, -0.05) is 35.3 Å². The Labute approximate surface area is 121 Å². The topological polar surface area (TPSA) is 27.8 Å². The SMILES string of the molecule is Clc1cc(Cl)cc(NCc2ccc3cc[nH]c3c2)c1. The molecule has 2 nitrogen and oxygen atoms in total. The molecule has 0 spiro atoms. The lowest BCUT2D eigenvalue weighted by Crippen LogP contribution is -1.99. The van der Waals surface area contributed by atoms with Crippen molar-refractivity contribution in [2.75, 3.05) is 5.32 Å². The number of aromatic nitrogens is 1. The molecule has 0 saturated heterocycles. The lowest BCUT2D eigenvalue weighted by atomic mass is 10.1. The molecule has 96 valence electrons. The largest absolute Gasteiger partial charge is 0.381 e. The van der Waals surface area contributed by atoms with Crippen LogP contribution in [0.4, 0.5) is 5.69 Å². The van der Waals surface area contributed by atoms with Crippen LogP contribution < -0.4 is 5.32 Å². The smallest absolute Gasteiger partial charge is 0.0457 e. The van der Waals surface area contributed by atoms with Crippen LogP contribution in [0.3, 0.4) is 0 Å². The van der Waals surface area contributed by atoms with Gasteiger partial charge in [-0.05, 0) is 41.3 Å². The normalized spacial score (nSPS) is 10.8. The number of aromatic amines is 1. The van der Waals surface area contributed by atoms with E-state index in [-0.39, 0.29) is 0 Å². The Hall–Kier alpha value is -1.64. The third-order valence-electron chi connectivity index (χ3n) is 2.98. The van der Waals surface area contributed by atoms with Gasteiger partial charge < -0.3 is 10.3 Å². The van der Waals surface area contributed by atoms with Gasteiger partial charge in [-0.3, -0.25) is 0 Å². The molecule has 1 aromatic heterocycles. The second-order valence-electron chi connectivity index (χ2n) is 4.41. The standard InChI is InChI=1S/C15H12Cl2N2/c16-12-6-13(17)8-14(7-12)19-9-10-1-2-11-3-4-18-15(11)5-10/h1-8,18-19H,9H2. The maximum atomic E-state index is 5.97. The van der Waals surface area contributed by atoms with Gasteiger partial charge in [0.2, 0.25) is 0 Å². The number of rotatable bonds is 3. The summed E-state index contributed by atoms with van der Waals surface area (Å²) < 4.78 is 0. The van der Waals surface area contributed by atoms with Crippen LogP contribution in [0.15, 0.2) is 48.7 Å². The van der Waals surface area contributed by atoms with Crippen LogP contribution in [-0.4, -0.2) is 4.98 Å². The molecule has 0 aliphatic carbocycles. The minimum atomic E-state index is 0.634. The van der Waals surface area contributed by atoms with E-state index in [9.17, 15) is 0 Å². The lowest BCUT2D eigenvalue weighted by Gasteiger charge is -2.08. The van der Waals surface area contributed by atoms with Crippen molar-refractivity contribution in [2.45, 2.75) is 6.54 Å². The fraction of sp³-hybridized carbons (Fsp3) is 0.0667. The van der Waals surface area contributed by atoms with Gasteiger partial charge in [-0.15, -0.1) is 0 Å². The average molecular weight is 291 g/mol. The summed E-state index contributed by atoms with van der Waals surface area (Å²) in [5.74, 6) is 0. The summed E-state index contributed by atoms with van der Waals surface area (Å²) in [5, 5.41) is 5.80. The summed E-state index contributed by atoms with van der Waals surface area (Å²) in [5.41, 5.74) is 3.26. The highest BCUT2D eigenvalue weighted by atomic mass is 35.5. The van der Waals surface area contributed by atoms with Gasteiger partial charge in [0, 0.05) is 34.0 Å².